The minimum atomic E-state index is -1.00. The van der Waals surface area contributed by atoms with E-state index in [-0.39, 0.29) is 17.1 Å². The van der Waals surface area contributed by atoms with E-state index in [9.17, 15) is 19.2 Å². The topological polar surface area (TPSA) is 106 Å². The summed E-state index contributed by atoms with van der Waals surface area (Å²) >= 11 is 0.781. The number of carboxylic acid groups (broad SMARTS) is 1. The summed E-state index contributed by atoms with van der Waals surface area (Å²) in [6.45, 7) is 7.04. The van der Waals surface area contributed by atoms with Crippen molar-refractivity contribution in [3.63, 3.8) is 0 Å². The fraction of sp³-hybridized carbons (Fsp3) is 0.273. The molecule has 0 bridgehead atoms. The summed E-state index contributed by atoms with van der Waals surface area (Å²) in [5.41, 5.74) is 3.42. The Morgan fingerprint density at radius 3 is 2.42 bits per heavy atom. The van der Waals surface area contributed by atoms with Crippen molar-refractivity contribution in [3.8, 4) is 5.69 Å². The molecule has 1 fully saturated rings. The second kappa shape index (κ2) is 8.81. The summed E-state index contributed by atoms with van der Waals surface area (Å²) in [7, 11) is 0. The Morgan fingerprint density at radius 2 is 1.84 bits per heavy atom. The summed E-state index contributed by atoms with van der Waals surface area (Å²) in [4.78, 5) is 49.4. The molecule has 31 heavy (non-hydrogen) atoms. The summed E-state index contributed by atoms with van der Waals surface area (Å²) in [5.74, 6) is -2.17. The fourth-order valence-corrected chi connectivity index (χ4v) is 4.31. The molecule has 162 valence electrons. The number of carbonyl (C=O) groups excluding carboxylic acids is 3. The van der Waals surface area contributed by atoms with Gasteiger partial charge < -0.3 is 14.4 Å². The smallest absolute Gasteiger partial charge is 0.335 e. The molecule has 2 aromatic rings. The number of nitrogens with zero attached hydrogens (tertiary/aromatic N) is 2. The van der Waals surface area contributed by atoms with Crippen LogP contribution in [0, 0.1) is 13.8 Å². The molecule has 0 radical (unpaired) electrons. The number of thioether (sulfide) groups is 1. The average Bonchev–Trinajstić information content (AvgIpc) is 3.16. The monoisotopic (exact) mass is 442 g/mol. The second-order valence-electron chi connectivity index (χ2n) is 6.99. The maximum atomic E-state index is 12.8. The molecule has 1 atom stereocenters. The SMILES string of the molecule is CCOC(=O)[C@H](C)N1C(=O)S/C(=C/c2cc(C)n(-c3ccc(C(=O)O)cc3)c2C)C1=O. The summed E-state index contributed by atoms with van der Waals surface area (Å²) in [6, 6.07) is 7.35. The first-order valence-electron chi connectivity index (χ1n) is 9.62. The van der Waals surface area contributed by atoms with Crippen LogP contribution in [0.4, 0.5) is 4.79 Å². The van der Waals surface area contributed by atoms with E-state index in [1.165, 1.54) is 19.1 Å². The van der Waals surface area contributed by atoms with Gasteiger partial charge in [-0.05, 0) is 81.4 Å². The molecule has 0 saturated carbocycles. The van der Waals surface area contributed by atoms with Gasteiger partial charge in [0.15, 0.2) is 0 Å². The van der Waals surface area contributed by atoms with E-state index in [1.54, 1.807) is 25.1 Å². The van der Waals surface area contributed by atoms with E-state index in [0.717, 1.165) is 39.3 Å². The highest BCUT2D eigenvalue weighted by atomic mass is 32.2. The first-order valence-corrected chi connectivity index (χ1v) is 10.4. The fourth-order valence-electron chi connectivity index (χ4n) is 3.41. The maximum absolute atomic E-state index is 12.8. The number of aromatic carboxylic acids is 1. The number of benzene rings is 1. The van der Waals surface area contributed by atoms with E-state index < -0.39 is 29.1 Å². The zero-order chi connectivity index (χ0) is 22.9. The average molecular weight is 442 g/mol. The number of aryl methyl sites for hydroxylation is 1. The van der Waals surface area contributed by atoms with E-state index in [1.807, 2.05) is 24.5 Å². The van der Waals surface area contributed by atoms with Crippen molar-refractivity contribution in [1.82, 2.24) is 9.47 Å². The van der Waals surface area contributed by atoms with Gasteiger partial charge in [0.05, 0.1) is 17.1 Å². The van der Waals surface area contributed by atoms with Crippen molar-refractivity contribution in [2.45, 2.75) is 33.7 Å². The normalized spacial score (nSPS) is 16.1. The Kier molecular flexibility index (Phi) is 6.35. The molecule has 1 aromatic heterocycles. The van der Waals surface area contributed by atoms with Crippen LogP contribution in [-0.2, 0) is 14.3 Å². The van der Waals surface area contributed by atoms with Crippen molar-refractivity contribution in [2.24, 2.45) is 0 Å². The van der Waals surface area contributed by atoms with Crippen molar-refractivity contribution < 1.29 is 29.0 Å². The van der Waals surface area contributed by atoms with Gasteiger partial charge in [-0.1, -0.05) is 0 Å². The van der Waals surface area contributed by atoms with Gasteiger partial charge in [-0.2, -0.15) is 0 Å². The molecule has 1 aliphatic rings. The molecular weight excluding hydrogens is 420 g/mol. The Bertz CT molecular complexity index is 1100. The van der Waals surface area contributed by atoms with Gasteiger partial charge in [0.25, 0.3) is 11.1 Å². The summed E-state index contributed by atoms with van der Waals surface area (Å²) in [5, 5.41) is 8.56. The number of carbonyl (C=O) groups is 4. The van der Waals surface area contributed by atoms with Gasteiger partial charge in [0, 0.05) is 17.1 Å². The van der Waals surface area contributed by atoms with Gasteiger partial charge >= 0.3 is 11.9 Å². The molecule has 8 nitrogen and oxygen atoms in total. The summed E-state index contributed by atoms with van der Waals surface area (Å²) < 4.78 is 6.86. The predicted molar refractivity (Wildman–Crippen MR) is 116 cm³/mol. The second-order valence-corrected chi connectivity index (χ2v) is 7.99. The molecule has 1 aliphatic heterocycles. The first kappa shape index (κ1) is 22.4. The Labute approximate surface area is 183 Å². The van der Waals surface area contributed by atoms with Crippen molar-refractivity contribution in [1.29, 1.82) is 0 Å². The lowest BCUT2D eigenvalue weighted by Gasteiger charge is -2.19. The number of amides is 2. The van der Waals surface area contributed by atoms with Crippen LogP contribution in [0.15, 0.2) is 35.2 Å². The van der Waals surface area contributed by atoms with Crippen molar-refractivity contribution in [2.75, 3.05) is 6.61 Å². The van der Waals surface area contributed by atoms with E-state index in [2.05, 4.69) is 0 Å². The van der Waals surface area contributed by atoms with Gasteiger partial charge in [0.2, 0.25) is 0 Å². The Balaban J connectivity index is 1.92. The lowest BCUT2D eigenvalue weighted by Crippen LogP contribution is -2.42. The quantitative estimate of drug-likeness (QED) is 0.536. The third-order valence-corrected chi connectivity index (χ3v) is 5.85. The largest absolute Gasteiger partial charge is 0.478 e. The van der Waals surface area contributed by atoms with Crippen molar-refractivity contribution >= 4 is 40.9 Å². The third-order valence-electron chi connectivity index (χ3n) is 4.97. The van der Waals surface area contributed by atoms with E-state index in [4.69, 9.17) is 9.84 Å². The van der Waals surface area contributed by atoms with Crippen LogP contribution >= 0.6 is 11.8 Å². The molecule has 1 N–H and O–H groups in total. The van der Waals surface area contributed by atoms with Crippen LogP contribution < -0.4 is 0 Å². The predicted octanol–water partition coefficient (Wildman–Crippen LogP) is 3.78. The lowest BCUT2D eigenvalue weighted by molar-refractivity contribution is -0.150. The zero-order valence-electron chi connectivity index (χ0n) is 17.5. The molecule has 1 aromatic carbocycles. The molecule has 9 heteroatoms. The van der Waals surface area contributed by atoms with Crippen LogP contribution in [0.25, 0.3) is 11.8 Å². The molecule has 0 spiro atoms. The number of carboxylic acids is 1. The molecule has 0 unspecified atom stereocenters. The van der Waals surface area contributed by atoms with Gasteiger partial charge in [-0.3, -0.25) is 14.5 Å². The zero-order valence-corrected chi connectivity index (χ0v) is 18.4. The molecule has 1 saturated heterocycles. The van der Waals surface area contributed by atoms with Gasteiger partial charge in [-0.15, -0.1) is 0 Å². The van der Waals surface area contributed by atoms with Crippen LogP contribution in [0.3, 0.4) is 0 Å². The first-order chi connectivity index (χ1) is 14.6. The highest BCUT2D eigenvalue weighted by Crippen LogP contribution is 2.35. The molecule has 2 heterocycles. The number of hydrogen-bond acceptors (Lipinski definition) is 6. The number of hydrogen-bond donors (Lipinski definition) is 1. The molecule has 0 aliphatic carbocycles. The minimum Gasteiger partial charge on any atom is -0.478 e. The third kappa shape index (κ3) is 4.27. The minimum absolute atomic E-state index is 0.161. The van der Waals surface area contributed by atoms with Gasteiger partial charge in [0.1, 0.15) is 6.04 Å². The number of esters is 1. The molecular formula is C22H22N2O6S. The maximum Gasteiger partial charge on any atom is 0.335 e. The summed E-state index contributed by atoms with van der Waals surface area (Å²) in [6.07, 6.45) is 1.63. The number of aromatic nitrogens is 1. The van der Waals surface area contributed by atoms with Gasteiger partial charge in [-0.25, -0.2) is 9.59 Å². The lowest BCUT2D eigenvalue weighted by atomic mass is 10.2. The number of imide groups is 1. The highest BCUT2D eigenvalue weighted by molar-refractivity contribution is 8.18. The van der Waals surface area contributed by atoms with Crippen molar-refractivity contribution in [3.05, 3.63) is 57.8 Å². The standard InChI is InChI=1S/C22H22N2O6S/c1-5-30-21(28)14(4)24-19(25)18(31-22(24)29)11-16-10-12(2)23(13(16)3)17-8-6-15(7-9-17)20(26)27/h6-11,14H,5H2,1-4H3,(H,26,27)/b18-11+/t14-/m0/s1. The van der Waals surface area contributed by atoms with Crippen LogP contribution in [0.2, 0.25) is 0 Å². The number of rotatable bonds is 6. The van der Waals surface area contributed by atoms with Crippen LogP contribution in [0.5, 0.6) is 0 Å². The number of ether oxygens (including phenoxy) is 1. The molecule has 3 rings (SSSR count). The highest BCUT2D eigenvalue weighted by Gasteiger charge is 2.41. The van der Waals surface area contributed by atoms with Crippen LogP contribution in [0.1, 0.15) is 41.2 Å². The van der Waals surface area contributed by atoms with E-state index >= 15 is 0 Å². The Hall–Kier alpha value is -3.33. The molecule has 2 amide bonds. The Morgan fingerprint density at radius 1 is 1.19 bits per heavy atom. The van der Waals surface area contributed by atoms with Crippen LogP contribution in [-0.4, -0.2) is 50.3 Å². The van der Waals surface area contributed by atoms with E-state index in [0.29, 0.717) is 0 Å².